The van der Waals surface area contributed by atoms with Crippen LogP contribution in [0.3, 0.4) is 0 Å². The number of anilines is 2. The number of aromatic nitrogens is 2. The quantitative estimate of drug-likeness (QED) is 0.563. The zero-order valence-corrected chi connectivity index (χ0v) is 18.5. The Morgan fingerprint density at radius 1 is 1.16 bits per heavy atom. The number of carbonyl (C=O) groups is 1. The number of nitrogen functional groups attached to an aromatic ring is 1. The number of carbonyl (C=O) groups excluding carboxylic acids is 1. The summed E-state index contributed by atoms with van der Waals surface area (Å²) < 4.78 is 0. The molecule has 31 heavy (non-hydrogen) atoms. The molecule has 1 aromatic heterocycles. The standard InChI is InChI=1S/C23H34N6O2/c1-3-4-19(9-14-30)25-21-16-20(26-23(24)27-21)15-17-5-7-18(8-6-17)22(31)29-12-10-28(2)11-13-29/h5-8,16,19,30H,3-4,9-15H2,1-2H3,(H3,24,25,26,27). The SMILES string of the molecule is CCCC(CCO)Nc1cc(Cc2ccc(C(=O)N3CCN(C)CC3)cc2)nc(N)n1. The van der Waals surface area contributed by atoms with Crippen LogP contribution in [0.4, 0.5) is 11.8 Å². The summed E-state index contributed by atoms with van der Waals surface area (Å²) in [7, 11) is 2.08. The molecule has 2 aromatic rings. The molecule has 1 atom stereocenters. The molecular formula is C23H34N6O2. The number of likely N-dealkylation sites (N-methyl/N-ethyl adjacent to an activating group) is 1. The lowest BCUT2D eigenvalue weighted by Crippen LogP contribution is -2.47. The molecule has 0 saturated carbocycles. The molecule has 1 aromatic carbocycles. The monoisotopic (exact) mass is 426 g/mol. The highest BCUT2D eigenvalue weighted by Gasteiger charge is 2.20. The van der Waals surface area contributed by atoms with Crippen LogP contribution in [0.15, 0.2) is 30.3 Å². The second kappa shape index (κ2) is 11.1. The van der Waals surface area contributed by atoms with Crippen LogP contribution in [0, 0.1) is 0 Å². The minimum atomic E-state index is 0.0864. The average molecular weight is 427 g/mol. The second-order valence-corrected chi connectivity index (χ2v) is 8.21. The van der Waals surface area contributed by atoms with Crippen molar-refractivity contribution in [2.45, 2.75) is 38.6 Å². The first-order valence-electron chi connectivity index (χ1n) is 11.1. The lowest BCUT2D eigenvalue weighted by Gasteiger charge is -2.32. The van der Waals surface area contributed by atoms with Gasteiger partial charge in [0, 0.05) is 56.9 Å². The van der Waals surface area contributed by atoms with Crippen molar-refractivity contribution in [2.75, 3.05) is 50.9 Å². The molecule has 0 radical (unpaired) electrons. The molecule has 0 aliphatic carbocycles. The van der Waals surface area contributed by atoms with Crippen LogP contribution in [0.1, 0.15) is 47.8 Å². The highest BCUT2D eigenvalue weighted by molar-refractivity contribution is 5.94. The van der Waals surface area contributed by atoms with Crippen LogP contribution in [0.25, 0.3) is 0 Å². The van der Waals surface area contributed by atoms with E-state index in [4.69, 9.17) is 5.73 Å². The molecule has 0 spiro atoms. The first kappa shape index (κ1) is 23.0. The van der Waals surface area contributed by atoms with E-state index in [1.54, 1.807) is 0 Å². The van der Waals surface area contributed by atoms with Gasteiger partial charge >= 0.3 is 0 Å². The van der Waals surface area contributed by atoms with Crippen molar-refractivity contribution in [2.24, 2.45) is 0 Å². The van der Waals surface area contributed by atoms with Gasteiger partial charge in [-0.05, 0) is 37.6 Å². The smallest absolute Gasteiger partial charge is 0.253 e. The number of aliphatic hydroxyl groups is 1. The molecule has 3 rings (SSSR count). The second-order valence-electron chi connectivity index (χ2n) is 8.21. The number of benzene rings is 1. The maximum atomic E-state index is 12.7. The van der Waals surface area contributed by atoms with E-state index in [0.717, 1.165) is 50.3 Å². The van der Waals surface area contributed by atoms with E-state index in [-0.39, 0.29) is 24.5 Å². The van der Waals surface area contributed by atoms with Gasteiger partial charge in [-0.1, -0.05) is 25.5 Å². The van der Waals surface area contributed by atoms with Crippen LogP contribution in [0.2, 0.25) is 0 Å². The van der Waals surface area contributed by atoms with Gasteiger partial charge in [0.2, 0.25) is 5.95 Å². The molecule has 8 nitrogen and oxygen atoms in total. The van der Waals surface area contributed by atoms with E-state index in [0.29, 0.717) is 24.2 Å². The molecule has 4 N–H and O–H groups in total. The van der Waals surface area contributed by atoms with Crippen LogP contribution in [-0.2, 0) is 6.42 Å². The number of hydrogen-bond acceptors (Lipinski definition) is 7. The van der Waals surface area contributed by atoms with Crippen molar-refractivity contribution < 1.29 is 9.90 Å². The van der Waals surface area contributed by atoms with Crippen molar-refractivity contribution in [3.8, 4) is 0 Å². The summed E-state index contributed by atoms with van der Waals surface area (Å²) in [6.07, 6.45) is 3.23. The Hall–Kier alpha value is -2.71. The van der Waals surface area contributed by atoms with Gasteiger partial charge in [0.05, 0.1) is 5.69 Å². The van der Waals surface area contributed by atoms with Gasteiger partial charge in [-0.25, -0.2) is 4.98 Å². The molecule has 1 unspecified atom stereocenters. The minimum Gasteiger partial charge on any atom is -0.396 e. The third-order valence-corrected chi connectivity index (χ3v) is 5.64. The third-order valence-electron chi connectivity index (χ3n) is 5.64. The summed E-state index contributed by atoms with van der Waals surface area (Å²) >= 11 is 0. The summed E-state index contributed by atoms with van der Waals surface area (Å²) in [5, 5.41) is 12.6. The van der Waals surface area contributed by atoms with Gasteiger partial charge in [0.25, 0.3) is 5.91 Å². The molecular weight excluding hydrogens is 392 g/mol. The molecule has 2 heterocycles. The van der Waals surface area contributed by atoms with E-state index in [1.807, 2.05) is 35.2 Å². The average Bonchev–Trinajstić information content (AvgIpc) is 2.74. The van der Waals surface area contributed by atoms with Crippen molar-refractivity contribution in [3.63, 3.8) is 0 Å². The van der Waals surface area contributed by atoms with Crippen molar-refractivity contribution in [3.05, 3.63) is 47.2 Å². The van der Waals surface area contributed by atoms with Crippen molar-refractivity contribution >= 4 is 17.7 Å². The molecule has 1 aliphatic rings. The van der Waals surface area contributed by atoms with Crippen LogP contribution in [0.5, 0.6) is 0 Å². The van der Waals surface area contributed by atoms with Gasteiger partial charge < -0.3 is 26.0 Å². The minimum absolute atomic E-state index is 0.0864. The summed E-state index contributed by atoms with van der Waals surface area (Å²) in [5.74, 6) is 0.987. The van der Waals surface area contributed by atoms with Crippen molar-refractivity contribution in [1.82, 2.24) is 19.8 Å². The van der Waals surface area contributed by atoms with Crippen LogP contribution < -0.4 is 11.1 Å². The largest absolute Gasteiger partial charge is 0.396 e. The van der Waals surface area contributed by atoms with Gasteiger partial charge in [-0.2, -0.15) is 4.98 Å². The Balaban J connectivity index is 1.65. The lowest BCUT2D eigenvalue weighted by atomic mass is 10.1. The Bertz CT molecular complexity index is 844. The summed E-state index contributed by atoms with van der Waals surface area (Å²) in [6, 6.07) is 9.77. The Kier molecular flexibility index (Phi) is 8.20. The van der Waals surface area contributed by atoms with E-state index in [9.17, 15) is 9.90 Å². The summed E-state index contributed by atoms with van der Waals surface area (Å²) in [5.41, 5.74) is 8.51. The highest BCUT2D eigenvalue weighted by atomic mass is 16.3. The first-order chi connectivity index (χ1) is 15.0. The summed E-state index contributed by atoms with van der Waals surface area (Å²) in [4.78, 5) is 25.5. The van der Waals surface area contributed by atoms with Crippen LogP contribution >= 0.6 is 0 Å². The summed E-state index contributed by atoms with van der Waals surface area (Å²) in [6.45, 7) is 5.60. The maximum Gasteiger partial charge on any atom is 0.253 e. The fraction of sp³-hybridized carbons (Fsp3) is 0.522. The molecule has 0 bridgehead atoms. The molecule has 1 amide bonds. The van der Waals surface area contributed by atoms with E-state index >= 15 is 0 Å². The van der Waals surface area contributed by atoms with E-state index < -0.39 is 0 Å². The normalized spacial score (nSPS) is 15.6. The molecule has 1 saturated heterocycles. The van der Waals surface area contributed by atoms with Gasteiger partial charge in [-0.15, -0.1) is 0 Å². The number of piperazine rings is 1. The number of amides is 1. The maximum absolute atomic E-state index is 12.7. The Morgan fingerprint density at radius 2 is 1.87 bits per heavy atom. The Morgan fingerprint density at radius 3 is 2.52 bits per heavy atom. The molecule has 168 valence electrons. The van der Waals surface area contributed by atoms with Gasteiger partial charge in [0.1, 0.15) is 5.82 Å². The molecule has 1 aliphatic heterocycles. The number of nitrogens with one attached hydrogen (secondary N) is 1. The number of nitrogens with zero attached hydrogens (tertiary/aromatic N) is 4. The first-order valence-corrected chi connectivity index (χ1v) is 11.1. The lowest BCUT2D eigenvalue weighted by molar-refractivity contribution is 0.0664. The topological polar surface area (TPSA) is 108 Å². The van der Waals surface area contributed by atoms with Crippen molar-refractivity contribution in [1.29, 1.82) is 0 Å². The zero-order valence-electron chi connectivity index (χ0n) is 18.5. The molecule has 1 fully saturated rings. The number of rotatable bonds is 9. The number of aliphatic hydroxyl groups excluding tert-OH is 1. The van der Waals surface area contributed by atoms with E-state index in [1.165, 1.54) is 0 Å². The van der Waals surface area contributed by atoms with Crippen LogP contribution in [-0.4, -0.2) is 76.7 Å². The zero-order chi connectivity index (χ0) is 22.2. The highest BCUT2D eigenvalue weighted by Crippen LogP contribution is 2.17. The Labute approximate surface area is 184 Å². The predicted molar refractivity (Wildman–Crippen MR) is 123 cm³/mol. The fourth-order valence-electron chi connectivity index (χ4n) is 3.85. The van der Waals surface area contributed by atoms with Gasteiger partial charge in [-0.3, -0.25) is 4.79 Å². The number of hydrogen-bond donors (Lipinski definition) is 3. The fourth-order valence-corrected chi connectivity index (χ4v) is 3.85. The number of nitrogens with two attached hydrogens (primary N) is 1. The molecule has 8 heteroatoms. The third kappa shape index (κ3) is 6.63. The van der Waals surface area contributed by atoms with E-state index in [2.05, 4.69) is 34.2 Å². The predicted octanol–water partition coefficient (Wildman–Crippen LogP) is 2.00. The van der Waals surface area contributed by atoms with Gasteiger partial charge in [0.15, 0.2) is 0 Å².